The number of halogens is 1. The van der Waals surface area contributed by atoms with Gasteiger partial charge in [0.05, 0.1) is 0 Å². The van der Waals surface area contributed by atoms with E-state index in [1.165, 1.54) is 6.07 Å². The number of aromatic hydroxyl groups is 1. The Morgan fingerprint density at radius 3 is 2.56 bits per heavy atom. The molecule has 0 aliphatic heterocycles. The predicted octanol–water partition coefficient (Wildman–Crippen LogP) is 0.959. The molecular formula is C11H14ClNO4S. The molecule has 0 aromatic heterocycles. The van der Waals surface area contributed by atoms with E-state index < -0.39 is 15.7 Å². The molecule has 0 aliphatic carbocycles. The summed E-state index contributed by atoms with van der Waals surface area (Å²) in [6, 6.07) is 3.00. The van der Waals surface area contributed by atoms with Crippen molar-refractivity contribution in [2.75, 3.05) is 12.1 Å². The van der Waals surface area contributed by atoms with Crippen LogP contribution in [0, 0.1) is 6.92 Å². The number of phenols is 1. The van der Waals surface area contributed by atoms with E-state index in [2.05, 4.69) is 5.32 Å². The highest BCUT2D eigenvalue weighted by molar-refractivity contribution is 7.90. The molecule has 100 valence electrons. The number of hydrogen-bond donors (Lipinski definition) is 2. The fourth-order valence-electron chi connectivity index (χ4n) is 1.48. The maximum absolute atomic E-state index is 11.5. The Kier molecular flexibility index (Phi) is 4.59. The second-order valence-corrected chi connectivity index (χ2v) is 6.20. The minimum atomic E-state index is -3.51. The van der Waals surface area contributed by atoms with Gasteiger partial charge in [-0.25, -0.2) is 8.42 Å². The summed E-state index contributed by atoms with van der Waals surface area (Å²) in [5, 5.41) is 12.3. The maximum Gasteiger partial charge on any atom is 0.235 e. The summed E-state index contributed by atoms with van der Waals surface area (Å²) in [4.78, 5) is 10.9. The first-order valence-electron chi connectivity index (χ1n) is 5.11. The molecule has 18 heavy (non-hydrogen) atoms. The van der Waals surface area contributed by atoms with E-state index in [1.807, 2.05) is 0 Å². The number of carbonyl (C=O) groups excluding carboxylic acids is 1. The molecule has 0 fully saturated rings. The zero-order valence-electron chi connectivity index (χ0n) is 10.0. The number of alkyl halides is 1. The van der Waals surface area contributed by atoms with Crippen LogP contribution in [0.1, 0.15) is 11.1 Å². The van der Waals surface area contributed by atoms with Crippen LogP contribution >= 0.6 is 11.6 Å². The summed E-state index contributed by atoms with van der Waals surface area (Å²) in [5.41, 5.74) is 1.03. The van der Waals surface area contributed by atoms with Crippen molar-refractivity contribution >= 4 is 27.3 Å². The van der Waals surface area contributed by atoms with Gasteiger partial charge in [-0.05, 0) is 18.6 Å². The van der Waals surface area contributed by atoms with Crippen LogP contribution in [0.3, 0.4) is 0 Å². The average molecular weight is 292 g/mol. The lowest BCUT2D eigenvalue weighted by Gasteiger charge is -2.11. The summed E-state index contributed by atoms with van der Waals surface area (Å²) in [7, 11) is -3.51. The molecule has 0 aliphatic rings. The molecule has 5 nitrogen and oxygen atoms in total. The standard InChI is InChI=1S/C11H14ClNO4S/c1-7-3-8(6-13-10(14)5-12)11(15)9(4-7)18(2,16)17/h3-4,15H,5-6H2,1-2H3,(H,13,14). The number of hydrogen-bond acceptors (Lipinski definition) is 4. The quantitative estimate of drug-likeness (QED) is 0.809. The molecule has 1 aromatic rings. The number of amides is 1. The van der Waals surface area contributed by atoms with Crippen molar-refractivity contribution in [1.82, 2.24) is 5.32 Å². The third kappa shape index (κ3) is 3.61. The highest BCUT2D eigenvalue weighted by Crippen LogP contribution is 2.28. The van der Waals surface area contributed by atoms with Crippen LogP contribution in [0.2, 0.25) is 0 Å². The first kappa shape index (κ1) is 14.8. The second-order valence-electron chi connectivity index (χ2n) is 3.95. The molecule has 0 bridgehead atoms. The van der Waals surface area contributed by atoms with Gasteiger partial charge in [-0.2, -0.15) is 0 Å². The van der Waals surface area contributed by atoms with Gasteiger partial charge in [0.2, 0.25) is 5.91 Å². The Morgan fingerprint density at radius 1 is 1.44 bits per heavy atom. The fourth-order valence-corrected chi connectivity index (χ4v) is 2.45. The molecule has 0 spiro atoms. The van der Waals surface area contributed by atoms with Gasteiger partial charge in [0.15, 0.2) is 9.84 Å². The lowest BCUT2D eigenvalue weighted by atomic mass is 10.1. The number of benzene rings is 1. The number of rotatable bonds is 4. The van der Waals surface area contributed by atoms with E-state index in [0.717, 1.165) is 6.26 Å². The van der Waals surface area contributed by atoms with Crippen molar-refractivity contribution in [3.63, 3.8) is 0 Å². The molecule has 7 heteroatoms. The molecule has 0 saturated carbocycles. The van der Waals surface area contributed by atoms with Crippen molar-refractivity contribution in [2.24, 2.45) is 0 Å². The van der Waals surface area contributed by atoms with Gasteiger partial charge in [0.1, 0.15) is 16.5 Å². The lowest BCUT2D eigenvalue weighted by Crippen LogP contribution is -2.23. The van der Waals surface area contributed by atoms with Gasteiger partial charge in [-0.3, -0.25) is 4.79 Å². The smallest absolute Gasteiger partial charge is 0.235 e. The number of carbonyl (C=O) groups is 1. The van der Waals surface area contributed by atoms with E-state index in [4.69, 9.17) is 11.6 Å². The third-order valence-corrected chi connectivity index (χ3v) is 3.65. The zero-order chi connectivity index (χ0) is 13.9. The fraction of sp³-hybridized carbons (Fsp3) is 0.364. The molecule has 0 saturated heterocycles. The summed E-state index contributed by atoms with van der Waals surface area (Å²) >= 11 is 5.32. The van der Waals surface area contributed by atoms with E-state index in [1.54, 1.807) is 13.0 Å². The van der Waals surface area contributed by atoms with Gasteiger partial charge >= 0.3 is 0 Å². The van der Waals surface area contributed by atoms with Gasteiger partial charge in [0.25, 0.3) is 0 Å². The van der Waals surface area contributed by atoms with Gasteiger partial charge in [0, 0.05) is 18.4 Å². The van der Waals surface area contributed by atoms with Crippen molar-refractivity contribution in [1.29, 1.82) is 0 Å². The highest BCUT2D eigenvalue weighted by Gasteiger charge is 2.17. The van der Waals surface area contributed by atoms with Crippen LogP contribution in [0.4, 0.5) is 0 Å². The molecule has 0 unspecified atom stereocenters. The Labute approximate surface area is 111 Å². The largest absolute Gasteiger partial charge is 0.506 e. The van der Waals surface area contributed by atoms with Crippen LogP contribution in [-0.2, 0) is 21.2 Å². The Morgan fingerprint density at radius 2 is 2.06 bits per heavy atom. The molecular weight excluding hydrogens is 278 g/mol. The van der Waals surface area contributed by atoms with Crippen molar-refractivity contribution in [3.05, 3.63) is 23.3 Å². The third-order valence-electron chi connectivity index (χ3n) is 2.30. The predicted molar refractivity (Wildman–Crippen MR) is 68.5 cm³/mol. The number of nitrogens with one attached hydrogen (secondary N) is 1. The summed E-state index contributed by atoms with van der Waals surface area (Å²) < 4.78 is 23.0. The topological polar surface area (TPSA) is 83.5 Å². The van der Waals surface area contributed by atoms with Gasteiger partial charge in [-0.15, -0.1) is 11.6 Å². The monoisotopic (exact) mass is 291 g/mol. The molecule has 0 radical (unpaired) electrons. The molecule has 2 N–H and O–H groups in total. The van der Waals surface area contributed by atoms with E-state index in [0.29, 0.717) is 11.1 Å². The number of phenolic OH excluding ortho intramolecular Hbond substituents is 1. The minimum absolute atomic E-state index is 0.0294. The molecule has 1 aromatic carbocycles. The minimum Gasteiger partial charge on any atom is -0.506 e. The second kappa shape index (κ2) is 5.58. The van der Waals surface area contributed by atoms with Crippen molar-refractivity contribution in [3.8, 4) is 5.75 Å². The Hall–Kier alpha value is -1.27. The number of aryl methyl sites for hydroxylation is 1. The van der Waals surface area contributed by atoms with Crippen molar-refractivity contribution < 1.29 is 18.3 Å². The van der Waals surface area contributed by atoms with Gasteiger partial charge < -0.3 is 10.4 Å². The Bertz CT molecular complexity index is 569. The molecule has 1 amide bonds. The maximum atomic E-state index is 11.5. The van der Waals surface area contributed by atoms with Crippen LogP contribution in [0.15, 0.2) is 17.0 Å². The zero-order valence-corrected chi connectivity index (χ0v) is 11.6. The van der Waals surface area contributed by atoms with Crippen LogP contribution < -0.4 is 5.32 Å². The van der Waals surface area contributed by atoms with Crippen molar-refractivity contribution in [2.45, 2.75) is 18.4 Å². The average Bonchev–Trinajstić information content (AvgIpc) is 2.27. The van der Waals surface area contributed by atoms with E-state index in [9.17, 15) is 18.3 Å². The lowest BCUT2D eigenvalue weighted by molar-refractivity contribution is -0.118. The molecule has 0 atom stereocenters. The summed E-state index contributed by atoms with van der Waals surface area (Å²) in [5.74, 6) is -0.914. The number of sulfone groups is 1. The Balaban J connectivity index is 3.14. The van der Waals surface area contributed by atoms with E-state index >= 15 is 0 Å². The summed E-state index contributed by atoms with van der Waals surface area (Å²) in [6.45, 7) is 1.74. The first-order valence-corrected chi connectivity index (χ1v) is 7.53. The van der Waals surface area contributed by atoms with Crippen LogP contribution in [0.5, 0.6) is 5.75 Å². The normalized spacial score (nSPS) is 11.3. The van der Waals surface area contributed by atoms with Crippen LogP contribution in [-0.4, -0.2) is 31.6 Å². The van der Waals surface area contributed by atoms with Gasteiger partial charge in [-0.1, -0.05) is 6.07 Å². The first-order chi connectivity index (χ1) is 8.25. The van der Waals surface area contributed by atoms with Crippen LogP contribution in [0.25, 0.3) is 0 Å². The highest BCUT2D eigenvalue weighted by atomic mass is 35.5. The summed E-state index contributed by atoms with van der Waals surface area (Å²) in [6.07, 6.45) is 1.02. The molecule has 1 rings (SSSR count). The molecule has 0 heterocycles. The SMILES string of the molecule is Cc1cc(CNC(=O)CCl)c(O)c(S(C)(=O)=O)c1. The van der Waals surface area contributed by atoms with E-state index in [-0.39, 0.29) is 23.1 Å².